The molecule has 0 saturated carbocycles. The van der Waals surface area contributed by atoms with Crippen molar-refractivity contribution < 1.29 is 26.7 Å². The summed E-state index contributed by atoms with van der Waals surface area (Å²) in [6, 6.07) is 8.17. The first-order valence-corrected chi connectivity index (χ1v) is 12.0. The lowest BCUT2D eigenvalue weighted by Gasteiger charge is -2.26. The van der Waals surface area contributed by atoms with Crippen molar-refractivity contribution in [2.24, 2.45) is 0 Å². The summed E-state index contributed by atoms with van der Waals surface area (Å²) in [5.74, 6) is -0.907. The van der Waals surface area contributed by atoms with Gasteiger partial charge in [-0.15, -0.1) is 0 Å². The highest BCUT2D eigenvalue weighted by Crippen LogP contribution is 2.41. The lowest BCUT2D eigenvalue weighted by Crippen LogP contribution is -2.42. The van der Waals surface area contributed by atoms with E-state index in [0.29, 0.717) is 48.7 Å². The molecule has 158 valence electrons. The third kappa shape index (κ3) is 4.33. The molecule has 1 fully saturated rings. The van der Waals surface area contributed by atoms with Gasteiger partial charge in [0.15, 0.2) is 9.84 Å². The van der Waals surface area contributed by atoms with Gasteiger partial charge in [0.2, 0.25) is 5.78 Å². The van der Waals surface area contributed by atoms with Crippen LogP contribution in [0.2, 0.25) is 0 Å². The molecule has 1 aliphatic carbocycles. The predicted octanol–water partition coefficient (Wildman–Crippen LogP) is 3.42. The summed E-state index contributed by atoms with van der Waals surface area (Å²) in [6.07, 6.45) is 0. The van der Waals surface area contributed by atoms with E-state index in [1.54, 1.807) is 18.2 Å². The van der Waals surface area contributed by atoms with Gasteiger partial charge in [-0.3, -0.25) is 9.69 Å². The Morgan fingerprint density at radius 3 is 2.33 bits per heavy atom. The van der Waals surface area contributed by atoms with Gasteiger partial charge in [0.05, 0.1) is 16.0 Å². The highest BCUT2D eigenvalue weighted by atomic mass is 79.9. The number of fused-ring (bicyclic) bond motifs is 1. The molecule has 4 rings (SSSR count). The van der Waals surface area contributed by atoms with Crippen LogP contribution >= 0.6 is 15.9 Å². The van der Waals surface area contributed by atoms with Crippen LogP contribution in [-0.4, -0.2) is 56.8 Å². The van der Waals surface area contributed by atoms with Gasteiger partial charge in [-0.2, -0.15) is 0 Å². The van der Waals surface area contributed by atoms with Crippen LogP contribution in [-0.2, 0) is 9.84 Å². The molecule has 9 heteroatoms. The maximum absolute atomic E-state index is 13.7. The first-order valence-electron chi connectivity index (χ1n) is 9.34. The summed E-state index contributed by atoms with van der Waals surface area (Å²) in [6.45, 7) is 1.90. The molecule has 0 aromatic heterocycles. The molecule has 30 heavy (non-hydrogen) atoms. The van der Waals surface area contributed by atoms with Crippen LogP contribution in [0.1, 0.15) is 21.5 Å². The molecule has 2 aromatic rings. The molecule has 2 aliphatic rings. The van der Waals surface area contributed by atoms with Gasteiger partial charge in [-0.05, 0) is 57.4 Å². The number of carbonyl (C=O) groups is 1. The minimum Gasteiger partial charge on any atom is -0.492 e. The number of carbonyl (C=O) groups excluding carboxylic acids is 1. The third-order valence-electron chi connectivity index (χ3n) is 5.19. The first-order chi connectivity index (χ1) is 14.2. The quantitative estimate of drug-likeness (QED) is 0.633. The molecule has 5 nitrogen and oxygen atoms in total. The Morgan fingerprint density at radius 1 is 1.00 bits per heavy atom. The minimum absolute atomic E-state index is 0.156. The molecular formula is C21H18BrF2NO4S. The van der Waals surface area contributed by atoms with Crippen LogP contribution in [0.15, 0.2) is 40.9 Å². The first kappa shape index (κ1) is 21.1. The number of rotatable bonds is 5. The lowest BCUT2D eigenvalue weighted by molar-refractivity contribution is 0.104. The van der Waals surface area contributed by atoms with E-state index >= 15 is 0 Å². The van der Waals surface area contributed by atoms with E-state index in [0.717, 1.165) is 6.07 Å². The number of nitrogens with zero attached hydrogens (tertiary/aromatic N) is 1. The molecule has 1 aliphatic heterocycles. The van der Waals surface area contributed by atoms with Crippen molar-refractivity contribution in [1.29, 1.82) is 0 Å². The number of hydrogen-bond donors (Lipinski definition) is 0. The molecular weight excluding hydrogens is 480 g/mol. The highest BCUT2D eigenvalue weighted by Gasteiger charge is 2.30. The maximum atomic E-state index is 13.7. The Kier molecular flexibility index (Phi) is 5.78. The fourth-order valence-corrected chi connectivity index (χ4v) is 5.55. The average molecular weight is 498 g/mol. The Hall–Kier alpha value is -2.10. The van der Waals surface area contributed by atoms with E-state index in [9.17, 15) is 22.0 Å². The number of halogens is 3. The second-order valence-electron chi connectivity index (χ2n) is 7.23. The summed E-state index contributed by atoms with van der Waals surface area (Å²) in [5, 5.41) is 0. The van der Waals surface area contributed by atoms with Gasteiger partial charge >= 0.3 is 0 Å². The summed E-state index contributed by atoms with van der Waals surface area (Å²) in [5.41, 5.74) is 1.68. The van der Waals surface area contributed by atoms with Gasteiger partial charge in [0.25, 0.3) is 0 Å². The zero-order chi connectivity index (χ0) is 21.5. The number of benzene rings is 2. The number of Topliss-reactive ketones (excluding diaryl/α,β-unsaturated/α-hetero) is 1. The van der Waals surface area contributed by atoms with Crippen molar-refractivity contribution in [2.75, 3.05) is 37.7 Å². The van der Waals surface area contributed by atoms with Crippen LogP contribution in [0, 0.1) is 11.6 Å². The highest BCUT2D eigenvalue weighted by molar-refractivity contribution is 9.12. The van der Waals surface area contributed by atoms with Crippen molar-refractivity contribution in [3.63, 3.8) is 0 Å². The maximum Gasteiger partial charge on any atom is 0.201 e. The largest absolute Gasteiger partial charge is 0.492 e. The van der Waals surface area contributed by atoms with Crippen molar-refractivity contribution in [1.82, 2.24) is 4.90 Å². The standard InChI is InChI=1S/C21H18BrF2NO4S/c22-20-19(13-9-14(23)11-15(24)10-13)17-2-1-16(12-18(17)21(20)26)29-6-3-25-4-7-30(27,28)8-5-25/h1-2,9-12H,3-8H2. The zero-order valence-corrected chi connectivity index (χ0v) is 18.2. The SMILES string of the molecule is O=C1C(Br)=C(c2cc(F)cc(F)c2)c2ccc(OCCN3CCS(=O)(=O)CC3)cc21. The van der Waals surface area contributed by atoms with E-state index in [-0.39, 0.29) is 27.3 Å². The molecule has 0 unspecified atom stereocenters. The molecule has 0 amide bonds. The fraction of sp³-hybridized carbons (Fsp3) is 0.286. The number of ketones is 1. The van der Waals surface area contributed by atoms with Gasteiger partial charge in [0.1, 0.15) is 24.0 Å². The Bertz CT molecular complexity index is 1130. The van der Waals surface area contributed by atoms with Crippen molar-refractivity contribution >= 4 is 37.1 Å². The molecule has 1 heterocycles. The van der Waals surface area contributed by atoms with Crippen LogP contribution < -0.4 is 4.74 Å². The number of sulfone groups is 1. The van der Waals surface area contributed by atoms with Crippen LogP contribution in [0.3, 0.4) is 0 Å². The molecule has 0 spiro atoms. The summed E-state index contributed by atoms with van der Waals surface area (Å²) < 4.78 is 56.3. The molecule has 0 atom stereocenters. The normalized spacial score (nSPS) is 18.6. The zero-order valence-electron chi connectivity index (χ0n) is 15.8. The van der Waals surface area contributed by atoms with Crippen LogP contribution in [0.25, 0.3) is 5.57 Å². The van der Waals surface area contributed by atoms with Crippen molar-refractivity contribution in [2.45, 2.75) is 0 Å². The van der Waals surface area contributed by atoms with Crippen LogP contribution in [0.4, 0.5) is 8.78 Å². The number of hydrogen-bond acceptors (Lipinski definition) is 5. The smallest absolute Gasteiger partial charge is 0.201 e. The van der Waals surface area contributed by atoms with E-state index < -0.39 is 21.5 Å². The Balaban J connectivity index is 1.48. The van der Waals surface area contributed by atoms with E-state index in [1.807, 2.05) is 4.90 Å². The second kappa shape index (κ2) is 8.20. The number of ether oxygens (including phenoxy) is 1. The average Bonchev–Trinajstić information content (AvgIpc) is 2.93. The lowest BCUT2D eigenvalue weighted by atomic mass is 9.99. The Labute approximate surface area is 181 Å². The van der Waals surface area contributed by atoms with Gasteiger partial charge in [0, 0.05) is 36.8 Å². The third-order valence-corrected chi connectivity index (χ3v) is 7.55. The molecule has 0 radical (unpaired) electrons. The number of allylic oxidation sites excluding steroid dienone is 1. The summed E-state index contributed by atoms with van der Waals surface area (Å²) in [4.78, 5) is 14.7. The van der Waals surface area contributed by atoms with Gasteiger partial charge in [-0.1, -0.05) is 0 Å². The van der Waals surface area contributed by atoms with Crippen molar-refractivity contribution in [3.8, 4) is 5.75 Å². The molecule has 1 saturated heterocycles. The minimum atomic E-state index is -2.92. The summed E-state index contributed by atoms with van der Waals surface area (Å²) in [7, 11) is -2.92. The van der Waals surface area contributed by atoms with Gasteiger partial charge in [-0.25, -0.2) is 17.2 Å². The molecule has 2 aromatic carbocycles. The topological polar surface area (TPSA) is 63.7 Å². The van der Waals surface area contributed by atoms with E-state index in [2.05, 4.69) is 15.9 Å². The molecule has 0 N–H and O–H groups in total. The predicted molar refractivity (Wildman–Crippen MR) is 113 cm³/mol. The summed E-state index contributed by atoms with van der Waals surface area (Å²) >= 11 is 3.26. The van der Waals surface area contributed by atoms with Gasteiger partial charge < -0.3 is 4.74 Å². The van der Waals surface area contributed by atoms with E-state index in [4.69, 9.17) is 4.74 Å². The van der Waals surface area contributed by atoms with E-state index in [1.165, 1.54) is 12.1 Å². The monoisotopic (exact) mass is 497 g/mol. The fourth-order valence-electron chi connectivity index (χ4n) is 3.62. The molecule has 0 bridgehead atoms. The van der Waals surface area contributed by atoms with Crippen LogP contribution in [0.5, 0.6) is 5.75 Å². The Morgan fingerprint density at radius 2 is 1.67 bits per heavy atom. The van der Waals surface area contributed by atoms with Crippen molar-refractivity contribution in [3.05, 3.63) is 69.2 Å². The second-order valence-corrected chi connectivity index (χ2v) is 10.3.